The predicted molar refractivity (Wildman–Crippen MR) is 93.4 cm³/mol. The molecule has 8 heteroatoms. The van der Waals surface area contributed by atoms with Crippen LogP contribution in [0.15, 0.2) is 60.9 Å². The molecule has 3 aromatic rings. The van der Waals surface area contributed by atoms with Crippen LogP contribution in [0.3, 0.4) is 0 Å². The normalized spacial score (nSPS) is 11.1. The van der Waals surface area contributed by atoms with Crippen molar-refractivity contribution in [2.24, 2.45) is 0 Å². The molecule has 0 atom stereocenters. The van der Waals surface area contributed by atoms with Gasteiger partial charge in [-0.3, -0.25) is 0 Å². The third kappa shape index (κ3) is 4.62. The molecular weight excluding hydrogens is 345 g/mol. The Bertz CT molecular complexity index is 865. The minimum absolute atomic E-state index is 0.281. The van der Waals surface area contributed by atoms with E-state index < -0.39 is 6.36 Å². The van der Waals surface area contributed by atoms with Crippen LogP contribution in [0.4, 0.5) is 30.4 Å². The summed E-state index contributed by atoms with van der Waals surface area (Å²) in [5, 5.41) is 6.07. The molecule has 3 rings (SSSR count). The molecule has 2 N–H and O–H groups in total. The van der Waals surface area contributed by atoms with Gasteiger partial charge in [0.15, 0.2) is 0 Å². The van der Waals surface area contributed by atoms with E-state index in [0.717, 1.165) is 16.9 Å². The van der Waals surface area contributed by atoms with Crippen LogP contribution in [0.25, 0.3) is 11.3 Å². The molecule has 0 aliphatic rings. The fourth-order valence-corrected chi connectivity index (χ4v) is 2.28. The molecular formula is C18H15F3N4O. The number of hydrogen-bond acceptors (Lipinski definition) is 5. The second-order valence-corrected chi connectivity index (χ2v) is 5.31. The van der Waals surface area contributed by atoms with Crippen molar-refractivity contribution in [1.29, 1.82) is 0 Å². The van der Waals surface area contributed by atoms with Gasteiger partial charge in [-0.05, 0) is 36.4 Å². The van der Waals surface area contributed by atoms with E-state index in [1.54, 1.807) is 6.07 Å². The Labute approximate surface area is 147 Å². The first-order valence-corrected chi connectivity index (χ1v) is 7.66. The first kappa shape index (κ1) is 17.5. The second kappa shape index (κ2) is 7.30. The molecule has 2 aromatic carbocycles. The van der Waals surface area contributed by atoms with E-state index in [1.165, 1.54) is 30.6 Å². The molecule has 0 saturated carbocycles. The van der Waals surface area contributed by atoms with Gasteiger partial charge in [-0.1, -0.05) is 12.1 Å². The van der Waals surface area contributed by atoms with E-state index >= 15 is 0 Å². The second-order valence-electron chi connectivity index (χ2n) is 5.31. The molecule has 0 radical (unpaired) electrons. The molecule has 0 unspecified atom stereocenters. The molecule has 26 heavy (non-hydrogen) atoms. The standard InChI is InChI=1S/C18H15F3N4O/c1-22-13-4-2-12(3-5-13)16-10-17(24-11-23-16)25-14-6-8-15(9-7-14)26-18(19,20)21/h2-11,22H,1H3,(H,23,24,25). The lowest BCUT2D eigenvalue weighted by molar-refractivity contribution is -0.274. The van der Waals surface area contributed by atoms with Gasteiger partial charge in [0.1, 0.15) is 17.9 Å². The number of aromatic nitrogens is 2. The van der Waals surface area contributed by atoms with Gasteiger partial charge in [-0.2, -0.15) is 0 Å². The molecule has 134 valence electrons. The summed E-state index contributed by atoms with van der Waals surface area (Å²) in [4.78, 5) is 8.37. The van der Waals surface area contributed by atoms with Crippen LogP contribution in [0, 0.1) is 0 Å². The third-order valence-corrected chi connectivity index (χ3v) is 3.50. The van der Waals surface area contributed by atoms with Gasteiger partial charge in [0, 0.05) is 30.1 Å². The summed E-state index contributed by atoms with van der Waals surface area (Å²) in [6.45, 7) is 0. The van der Waals surface area contributed by atoms with Crippen molar-refractivity contribution in [2.45, 2.75) is 6.36 Å². The van der Waals surface area contributed by atoms with E-state index in [4.69, 9.17) is 0 Å². The Hall–Kier alpha value is -3.29. The number of halogens is 3. The van der Waals surface area contributed by atoms with Crippen LogP contribution < -0.4 is 15.4 Å². The molecule has 0 amide bonds. The molecule has 0 aliphatic heterocycles. The smallest absolute Gasteiger partial charge is 0.406 e. The summed E-state index contributed by atoms with van der Waals surface area (Å²) in [5.41, 5.74) is 3.21. The van der Waals surface area contributed by atoms with Crippen molar-refractivity contribution in [3.63, 3.8) is 0 Å². The van der Waals surface area contributed by atoms with Crippen molar-refractivity contribution in [3.8, 4) is 17.0 Å². The van der Waals surface area contributed by atoms with Crippen molar-refractivity contribution in [2.75, 3.05) is 17.7 Å². The van der Waals surface area contributed by atoms with Gasteiger partial charge in [0.25, 0.3) is 0 Å². The summed E-state index contributed by atoms with van der Waals surface area (Å²) in [6.07, 6.45) is -3.29. The third-order valence-electron chi connectivity index (χ3n) is 3.50. The van der Waals surface area contributed by atoms with Gasteiger partial charge >= 0.3 is 6.36 Å². The largest absolute Gasteiger partial charge is 0.573 e. The van der Waals surface area contributed by atoms with Crippen molar-refractivity contribution >= 4 is 17.2 Å². The molecule has 5 nitrogen and oxygen atoms in total. The highest BCUT2D eigenvalue weighted by atomic mass is 19.4. The van der Waals surface area contributed by atoms with Gasteiger partial charge in [0.2, 0.25) is 0 Å². The minimum Gasteiger partial charge on any atom is -0.406 e. The van der Waals surface area contributed by atoms with E-state index in [-0.39, 0.29) is 5.75 Å². The lowest BCUT2D eigenvalue weighted by Gasteiger charge is -2.10. The van der Waals surface area contributed by atoms with Crippen molar-refractivity contribution in [1.82, 2.24) is 9.97 Å². The van der Waals surface area contributed by atoms with Gasteiger partial charge in [-0.25, -0.2) is 9.97 Å². The highest BCUT2D eigenvalue weighted by Crippen LogP contribution is 2.26. The number of anilines is 3. The van der Waals surface area contributed by atoms with E-state index in [0.29, 0.717) is 11.5 Å². The summed E-state index contributed by atoms with van der Waals surface area (Å²) in [5.74, 6) is 0.244. The van der Waals surface area contributed by atoms with Crippen molar-refractivity contribution < 1.29 is 17.9 Å². The quantitative estimate of drug-likeness (QED) is 0.683. The van der Waals surface area contributed by atoms with Gasteiger partial charge in [-0.15, -0.1) is 13.2 Å². The van der Waals surface area contributed by atoms with Crippen LogP contribution in [-0.2, 0) is 0 Å². The van der Waals surface area contributed by atoms with Gasteiger partial charge in [0.05, 0.1) is 5.69 Å². The molecule has 0 saturated heterocycles. The minimum atomic E-state index is -4.71. The number of benzene rings is 2. The number of nitrogens with zero attached hydrogens (tertiary/aromatic N) is 2. The van der Waals surface area contributed by atoms with E-state index in [9.17, 15) is 13.2 Å². The Kier molecular flexibility index (Phi) is 4.92. The van der Waals surface area contributed by atoms with Crippen LogP contribution >= 0.6 is 0 Å². The number of rotatable bonds is 5. The first-order chi connectivity index (χ1) is 12.4. The zero-order valence-corrected chi connectivity index (χ0v) is 13.7. The molecule has 1 aromatic heterocycles. The Morgan fingerprint density at radius 3 is 2.15 bits per heavy atom. The Morgan fingerprint density at radius 1 is 0.885 bits per heavy atom. The molecule has 0 bridgehead atoms. The number of nitrogens with one attached hydrogen (secondary N) is 2. The van der Waals surface area contributed by atoms with Crippen LogP contribution in [0.1, 0.15) is 0 Å². The summed E-state index contributed by atoms with van der Waals surface area (Å²) in [6, 6.07) is 14.9. The first-order valence-electron chi connectivity index (χ1n) is 7.66. The Morgan fingerprint density at radius 2 is 1.54 bits per heavy atom. The van der Waals surface area contributed by atoms with Crippen LogP contribution in [-0.4, -0.2) is 23.4 Å². The zero-order chi connectivity index (χ0) is 18.6. The van der Waals surface area contributed by atoms with E-state index in [2.05, 4.69) is 25.3 Å². The molecule has 0 fully saturated rings. The number of hydrogen-bond donors (Lipinski definition) is 2. The maximum Gasteiger partial charge on any atom is 0.573 e. The average Bonchev–Trinajstić information content (AvgIpc) is 2.62. The summed E-state index contributed by atoms with van der Waals surface area (Å²) in [7, 11) is 1.84. The molecule has 0 aliphatic carbocycles. The SMILES string of the molecule is CNc1ccc(-c2cc(Nc3ccc(OC(F)(F)F)cc3)ncn2)cc1. The number of alkyl halides is 3. The highest BCUT2D eigenvalue weighted by Gasteiger charge is 2.30. The summed E-state index contributed by atoms with van der Waals surface area (Å²) < 4.78 is 40.4. The fraction of sp³-hybridized carbons (Fsp3) is 0.111. The van der Waals surface area contributed by atoms with Crippen LogP contribution in [0.2, 0.25) is 0 Å². The summed E-state index contributed by atoms with van der Waals surface area (Å²) >= 11 is 0. The molecule has 0 spiro atoms. The maximum atomic E-state index is 12.2. The molecule has 1 heterocycles. The van der Waals surface area contributed by atoms with E-state index in [1.807, 2.05) is 31.3 Å². The van der Waals surface area contributed by atoms with Crippen molar-refractivity contribution in [3.05, 3.63) is 60.9 Å². The zero-order valence-electron chi connectivity index (χ0n) is 13.7. The topological polar surface area (TPSA) is 59.1 Å². The maximum absolute atomic E-state index is 12.2. The lowest BCUT2D eigenvalue weighted by atomic mass is 10.1. The predicted octanol–water partition coefficient (Wildman–Crippen LogP) is 4.83. The Balaban J connectivity index is 1.74. The lowest BCUT2D eigenvalue weighted by Crippen LogP contribution is -2.16. The highest BCUT2D eigenvalue weighted by molar-refractivity contribution is 5.67. The average molecular weight is 360 g/mol. The fourth-order valence-electron chi connectivity index (χ4n) is 2.28. The number of ether oxygens (including phenoxy) is 1. The monoisotopic (exact) mass is 360 g/mol. The van der Waals surface area contributed by atoms with Crippen LogP contribution in [0.5, 0.6) is 5.75 Å². The van der Waals surface area contributed by atoms with Gasteiger partial charge < -0.3 is 15.4 Å².